The van der Waals surface area contributed by atoms with E-state index in [2.05, 4.69) is 31.1 Å². The van der Waals surface area contributed by atoms with Crippen molar-refractivity contribution < 1.29 is 9.72 Å². The number of aryl methyl sites for hydroxylation is 1. The normalized spacial score (nSPS) is 10.3. The van der Waals surface area contributed by atoms with Crippen molar-refractivity contribution in [1.82, 2.24) is 20.5 Å². The summed E-state index contributed by atoms with van der Waals surface area (Å²) in [5.74, 6) is 1.35. The molecule has 0 aliphatic carbocycles. The predicted molar refractivity (Wildman–Crippen MR) is 113 cm³/mol. The van der Waals surface area contributed by atoms with Gasteiger partial charge in [-0.15, -0.1) is 10.2 Å². The standard InChI is InChI=1S/C19H18ClN7O3/c1-12-6-7-21-18(10-12)24-17-5-4-16(25-26-17)22-8-9-23-19(28)14-3-2-13(27(29)30)11-15(14)20/h2-7,10-11H,8-9H2,1H3,(H,22,25)(H,23,28)(H,21,24,26). The van der Waals surface area contributed by atoms with Crippen molar-refractivity contribution in [3.63, 3.8) is 0 Å². The van der Waals surface area contributed by atoms with Crippen LogP contribution in [-0.4, -0.2) is 39.1 Å². The van der Waals surface area contributed by atoms with E-state index >= 15 is 0 Å². The van der Waals surface area contributed by atoms with Crippen LogP contribution in [0.4, 0.5) is 23.1 Å². The molecule has 0 saturated heterocycles. The number of hydrogen-bond acceptors (Lipinski definition) is 8. The average Bonchev–Trinajstić information content (AvgIpc) is 2.72. The maximum atomic E-state index is 12.2. The smallest absolute Gasteiger partial charge is 0.270 e. The molecule has 1 aromatic carbocycles. The third-order valence-corrected chi connectivity index (χ3v) is 4.27. The van der Waals surface area contributed by atoms with Crippen LogP contribution in [0.5, 0.6) is 0 Å². The molecule has 2 aromatic heterocycles. The van der Waals surface area contributed by atoms with Crippen LogP contribution in [0.25, 0.3) is 0 Å². The van der Waals surface area contributed by atoms with Crippen LogP contribution in [0.1, 0.15) is 15.9 Å². The van der Waals surface area contributed by atoms with Crippen molar-refractivity contribution in [2.45, 2.75) is 6.92 Å². The number of amides is 1. The molecule has 154 valence electrons. The second kappa shape index (κ2) is 9.61. The van der Waals surface area contributed by atoms with Gasteiger partial charge in [0.15, 0.2) is 5.82 Å². The van der Waals surface area contributed by atoms with Crippen molar-refractivity contribution >= 4 is 40.6 Å². The first-order chi connectivity index (χ1) is 14.4. The number of hydrogen-bond donors (Lipinski definition) is 3. The van der Waals surface area contributed by atoms with E-state index in [1.807, 2.05) is 19.1 Å². The zero-order valence-corrected chi connectivity index (χ0v) is 16.7. The monoisotopic (exact) mass is 427 g/mol. The Hall–Kier alpha value is -3.79. The van der Waals surface area contributed by atoms with E-state index in [0.29, 0.717) is 30.5 Å². The fraction of sp³-hybridized carbons (Fsp3) is 0.158. The summed E-state index contributed by atoms with van der Waals surface area (Å²) < 4.78 is 0. The Morgan fingerprint density at radius 3 is 2.50 bits per heavy atom. The van der Waals surface area contributed by atoms with Crippen LogP contribution >= 0.6 is 11.6 Å². The van der Waals surface area contributed by atoms with Crippen LogP contribution in [0.3, 0.4) is 0 Å². The van der Waals surface area contributed by atoms with Crippen molar-refractivity contribution in [3.05, 3.63) is 74.9 Å². The number of pyridine rings is 1. The fourth-order valence-corrected chi connectivity index (χ4v) is 2.75. The molecule has 0 aliphatic heterocycles. The number of rotatable bonds is 8. The van der Waals surface area contributed by atoms with Gasteiger partial charge in [-0.1, -0.05) is 11.6 Å². The highest BCUT2D eigenvalue weighted by Gasteiger charge is 2.14. The number of aromatic nitrogens is 3. The number of nitrogens with zero attached hydrogens (tertiary/aromatic N) is 4. The molecule has 0 unspecified atom stereocenters. The molecule has 3 rings (SSSR count). The Bertz CT molecular complexity index is 1060. The minimum absolute atomic E-state index is 0.0201. The topological polar surface area (TPSA) is 135 Å². The van der Waals surface area contributed by atoms with Gasteiger partial charge in [0.1, 0.15) is 11.6 Å². The molecule has 0 aliphatic rings. The SMILES string of the molecule is Cc1ccnc(Nc2ccc(NCCNC(=O)c3ccc([N+](=O)[O-])cc3Cl)nn2)c1. The molecular weight excluding hydrogens is 410 g/mol. The van der Waals surface area contributed by atoms with Crippen LogP contribution in [0.15, 0.2) is 48.7 Å². The molecule has 2 heterocycles. The lowest BCUT2D eigenvalue weighted by Crippen LogP contribution is -2.29. The molecule has 0 atom stereocenters. The average molecular weight is 428 g/mol. The van der Waals surface area contributed by atoms with E-state index in [4.69, 9.17) is 11.6 Å². The fourth-order valence-electron chi connectivity index (χ4n) is 2.49. The van der Waals surface area contributed by atoms with E-state index in [1.165, 1.54) is 12.1 Å². The third kappa shape index (κ3) is 5.61. The second-order valence-electron chi connectivity index (χ2n) is 6.25. The summed E-state index contributed by atoms with van der Waals surface area (Å²) in [6.45, 7) is 2.66. The third-order valence-electron chi connectivity index (χ3n) is 3.96. The molecule has 0 fully saturated rings. The minimum atomic E-state index is -0.573. The van der Waals surface area contributed by atoms with Crippen molar-refractivity contribution in [2.24, 2.45) is 0 Å². The summed E-state index contributed by atoms with van der Waals surface area (Å²) in [6.07, 6.45) is 1.71. The highest BCUT2D eigenvalue weighted by atomic mass is 35.5. The maximum absolute atomic E-state index is 12.2. The lowest BCUT2D eigenvalue weighted by atomic mass is 10.2. The highest BCUT2D eigenvalue weighted by molar-refractivity contribution is 6.34. The molecule has 10 nitrogen and oxygen atoms in total. The van der Waals surface area contributed by atoms with Gasteiger partial charge < -0.3 is 16.0 Å². The summed E-state index contributed by atoms with van der Waals surface area (Å²) in [7, 11) is 0. The zero-order chi connectivity index (χ0) is 21.5. The van der Waals surface area contributed by atoms with Gasteiger partial charge in [-0.05, 0) is 42.8 Å². The van der Waals surface area contributed by atoms with Crippen LogP contribution < -0.4 is 16.0 Å². The number of non-ortho nitro benzene ring substituents is 1. The molecular formula is C19H18ClN7O3. The predicted octanol–water partition coefficient (Wildman–Crippen LogP) is 3.33. The van der Waals surface area contributed by atoms with Gasteiger partial charge in [-0.3, -0.25) is 14.9 Å². The Labute approximate surface area is 176 Å². The molecule has 3 N–H and O–H groups in total. The first-order valence-corrected chi connectivity index (χ1v) is 9.29. The van der Waals surface area contributed by atoms with Crippen molar-refractivity contribution in [2.75, 3.05) is 23.7 Å². The highest BCUT2D eigenvalue weighted by Crippen LogP contribution is 2.22. The lowest BCUT2D eigenvalue weighted by Gasteiger charge is -2.09. The van der Waals surface area contributed by atoms with Crippen LogP contribution in [-0.2, 0) is 0 Å². The Balaban J connectivity index is 1.46. The van der Waals surface area contributed by atoms with Gasteiger partial charge in [-0.25, -0.2) is 4.98 Å². The van der Waals surface area contributed by atoms with Crippen molar-refractivity contribution in [3.8, 4) is 0 Å². The first kappa shape index (κ1) is 20.9. The van der Waals surface area contributed by atoms with Crippen LogP contribution in [0, 0.1) is 17.0 Å². The Morgan fingerprint density at radius 2 is 1.83 bits per heavy atom. The summed E-state index contributed by atoms with van der Waals surface area (Å²) >= 11 is 5.95. The Kier molecular flexibility index (Phi) is 6.71. The molecule has 3 aromatic rings. The number of benzene rings is 1. The number of carbonyl (C=O) groups is 1. The van der Waals surface area contributed by atoms with Gasteiger partial charge in [0.2, 0.25) is 0 Å². The number of anilines is 3. The molecule has 0 spiro atoms. The second-order valence-corrected chi connectivity index (χ2v) is 6.66. The maximum Gasteiger partial charge on any atom is 0.270 e. The quantitative estimate of drug-likeness (QED) is 0.283. The van der Waals surface area contributed by atoms with Gasteiger partial charge in [0, 0.05) is 31.4 Å². The van der Waals surface area contributed by atoms with Crippen molar-refractivity contribution in [1.29, 1.82) is 0 Å². The number of nitrogens with one attached hydrogen (secondary N) is 3. The summed E-state index contributed by atoms with van der Waals surface area (Å²) in [5, 5.41) is 27.7. The summed E-state index contributed by atoms with van der Waals surface area (Å²) in [5.41, 5.74) is 1.07. The minimum Gasteiger partial charge on any atom is -0.367 e. The van der Waals surface area contributed by atoms with E-state index in [0.717, 1.165) is 11.6 Å². The number of halogens is 1. The van der Waals surface area contributed by atoms with Gasteiger partial charge in [0.25, 0.3) is 11.6 Å². The van der Waals surface area contributed by atoms with Gasteiger partial charge >= 0.3 is 0 Å². The van der Waals surface area contributed by atoms with Gasteiger partial charge in [0.05, 0.1) is 15.5 Å². The van der Waals surface area contributed by atoms with Gasteiger partial charge in [-0.2, -0.15) is 0 Å². The number of nitro benzene ring substituents is 1. The zero-order valence-electron chi connectivity index (χ0n) is 15.9. The molecule has 30 heavy (non-hydrogen) atoms. The largest absolute Gasteiger partial charge is 0.367 e. The molecule has 0 bridgehead atoms. The number of carbonyl (C=O) groups excluding carboxylic acids is 1. The first-order valence-electron chi connectivity index (χ1n) is 8.92. The van der Waals surface area contributed by atoms with E-state index in [1.54, 1.807) is 18.3 Å². The van der Waals surface area contributed by atoms with Crippen LogP contribution in [0.2, 0.25) is 5.02 Å². The Morgan fingerprint density at radius 1 is 1.07 bits per heavy atom. The summed E-state index contributed by atoms with van der Waals surface area (Å²) in [4.78, 5) is 26.5. The van der Waals surface area contributed by atoms with E-state index in [9.17, 15) is 14.9 Å². The number of nitro groups is 1. The molecule has 11 heteroatoms. The molecule has 0 radical (unpaired) electrons. The lowest BCUT2D eigenvalue weighted by molar-refractivity contribution is -0.384. The summed E-state index contributed by atoms with van der Waals surface area (Å²) in [6, 6.07) is 11.0. The molecule has 0 saturated carbocycles. The van der Waals surface area contributed by atoms with E-state index < -0.39 is 10.8 Å². The molecule has 1 amide bonds. The van der Waals surface area contributed by atoms with E-state index in [-0.39, 0.29) is 16.3 Å².